The van der Waals surface area contributed by atoms with Gasteiger partial charge >= 0.3 is 18.6 Å². The van der Waals surface area contributed by atoms with E-state index in [9.17, 15) is 0 Å². The fourth-order valence-electron chi connectivity index (χ4n) is 0. The molecule has 0 saturated carbocycles. The van der Waals surface area contributed by atoms with Crippen molar-refractivity contribution in [2.45, 2.75) is 26.3 Å². The van der Waals surface area contributed by atoms with Crippen molar-refractivity contribution in [3.8, 4) is 0 Å². The van der Waals surface area contributed by atoms with Gasteiger partial charge in [0.2, 0.25) is 0 Å². The van der Waals surface area contributed by atoms with Crippen LogP contribution in [0.1, 0.15) is 20.8 Å². The predicted molar refractivity (Wildman–Crippen MR) is 21.9 cm³/mol. The van der Waals surface area contributed by atoms with Crippen molar-refractivity contribution in [2.24, 2.45) is 0 Å². The minimum atomic E-state index is -0.500. The van der Waals surface area contributed by atoms with Crippen LogP contribution in [-0.4, -0.2) is 5.54 Å². The van der Waals surface area contributed by atoms with Crippen LogP contribution in [0.15, 0.2) is 0 Å². The van der Waals surface area contributed by atoms with Gasteiger partial charge in [0, 0.05) is 5.54 Å². The van der Waals surface area contributed by atoms with Crippen LogP contribution in [0.5, 0.6) is 0 Å². The Bertz CT molecular complexity index is 29.5. The molecule has 0 rings (SSSR count). The molecule has 0 heterocycles. The molecule has 4 heteroatoms. The molecule has 8 heavy (non-hydrogen) atoms. The second-order valence-electron chi connectivity index (χ2n) is 2.17. The molecule has 1 nitrogen and oxygen atoms in total. The first-order valence-corrected chi connectivity index (χ1v) is 1.72. The van der Waals surface area contributed by atoms with Gasteiger partial charge in [-0.15, -0.1) is 5.73 Å². The van der Waals surface area contributed by atoms with Gasteiger partial charge in [0.1, 0.15) is 0 Å². The van der Waals surface area contributed by atoms with Crippen LogP contribution < -0.4 is 30.5 Å². The number of halogens is 2. The SMILES string of the molecule is CC(C)(C)[N].[Cl-].[Cl-].[V+2]. The fraction of sp³-hybridized carbons (Fsp3) is 1.00. The Morgan fingerprint density at radius 1 is 1.00 bits per heavy atom. The van der Waals surface area contributed by atoms with Crippen molar-refractivity contribution in [3.05, 3.63) is 0 Å². The summed E-state index contributed by atoms with van der Waals surface area (Å²) in [5, 5.41) is 0. The van der Waals surface area contributed by atoms with E-state index in [1.165, 1.54) is 0 Å². The van der Waals surface area contributed by atoms with Gasteiger partial charge in [-0.25, -0.2) is 0 Å². The molecular formula is C4H9Cl2NV. The van der Waals surface area contributed by atoms with Gasteiger partial charge in [-0.1, -0.05) is 0 Å². The topological polar surface area (TPSA) is 22.3 Å². The van der Waals surface area contributed by atoms with E-state index in [0.29, 0.717) is 0 Å². The van der Waals surface area contributed by atoms with E-state index in [2.05, 4.69) is 0 Å². The van der Waals surface area contributed by atoms with Gasteiger partial charge in [0.25, 0.3) is 0 Å². The van der Waals surface area contributed by atoms with Crippen molar-refractivity contribution in [1.82, 2.24) is 5.73 Å². The minimum absolute atomic E-state index is 0. The molecule has 0 fully saturated rings. The largest absolute Gasteiger partial charge is 2.00 e. The van der Waals surface area contributed by atoms with E-state index < -0.39 is 5.54 Å². The molecule has 0 amide bonds. The third kappa shape index (κ3) is 211. The Hall–Kier alpha value is 1.12. The van der Waals surface area contributed by atoms with Gasteiger partial charge < -0.3 is 24.8 Å². The number of hydrogen-bond donors (Lipinski definition) is 0. The molecule has 0 N–H and O–H groups in total. The maximum Gasteiger partial charge on any atom is 2.00 e. The first-order chi connectivity index (χ1) is 2.00. The van der Waals surface area contributed by atoms with Crippen LogP contribution in [0, 0.1) is 0 Å². The average molecular weight is 193 g/mol. The predicted octanol–water partition coefficient (Wildman–Crippen LogP) is -5.14. The molecule has 0 aliphatic carbocycles. The first-order valence-electron chi connectivity index (χ1n) is 1.72. The number of nitrogens with zero attached hydrogens (tertiary/aromatic N) is 1. The van der Waals surface area contributed by atoms with Gasteiger partial charge in [0.15, 0.2) is 0 Å². The van der Waals surface area contributed by atoms with Crippen molar-refractivity contribution in [1.29, 1.82) is 0 Å². The van der Waals surface area contributed by atoms with E-state index >= 15 is 0 Å². The molecule has 0 aromatic heterocycles. The summed E-state index contributed by atoms with van der Waals surface area (Å²) in [6, 6.07) is 0. The molecule has 0 aliphatic rings. The van der Waals surface area contributed by atoms with Crippen molar-refractivity contribution in [3.63, 3.8) is 0 Å². The summed E-state index contributed by atoms with van der Waals surface area (Å²) < 4.78 is 0. The quantitative estimate of drug-likeness (QED) is 0.367. The maximum absolute atomic E-state index is 8.52. The zero-order valence-electron chi connectivity index (χ0n) is 5.15. The molecule has 0 spiro atoms. The molecule has 0 aromatic carbocycles. The Kier molecular flexibility index (Phi) is 23.3. The van der Waals surface area contributed by atoms with E-state index in [4.69, 9.17) is 5.73 Å². The van der Waals surface area contributed by atoms with Gasteiger partial charge in [0.05, 0.1) is 0 Å². The molecule has 0 bridgehead atoms. The summed E-state index contributed by atoms with van der Waals surface area (Å²) in [5.41, 5.74) is 8.02. The van der Waals surface area contributed by atoms with Crippen molar-refractivity contribution in [2.75, 3.05) is 0 Å². The Morgan fingerprint density at radius 2 is 1.00 bits per heavy atom. The minimum Gasteiger partial charge on any atom is -1.00 e. The third-order valence-corrected chi connectivity index (χ3v) is 0. The zero-order chi connectivity index (χ0) is 4.50. The van der Waals surface area contributed by atoms with Gasteiger partial charge in [-0.2, -0.15) is 0 Å². The third-order valence-electron chi connectivity index (χ3n) is 0. The van der Waals surface area contributed by atoms with Gasteiger partial charge in [-0.05, 0) is 20.8 Å². The van der Waals surface area contributed by atoms with Crippen LogP contribution in [0.4, 0.5) is 0 Å². The van der Waals surface area contributed by atoms with E-state index in [1.54, 1.807) is 20.8 Å². The Morgan fingerprint density at radius 3 is 1.00 bits per heavy atom. The second kappa shape index (κ2) is 8.12. The molecule has 0 aromatic rings. The van der Waals surface area contributed by atoms with E-state index in [-0.39, 0.29) is 43.4 Å². The normalized spacial score (nSPS) is 7.50. The number of hydrogen-bond acceptors (Lipinski definition) is 0. The summed E-state index contributed by atoms with van der Waals surface area (Å²) in [6.07, 6.45) is 0. The van der Waals surface area contributed by atoms with E-state index in [1.807, 2.05) is 0 Å². The molecule has 0 saturated heterocycles. The zero-order valence-corrected chi connectivity index (χ0v) is 8.06. The molecule has 0 atom stereocenters. The van der Waals surface area contributed by atoms with Crippen molar-refractivity contribution >= 4 is 0 Å². The second-order valence-corrected chi connectivity index (χ2v) is 2.17. The fourth-order valence-corrected chi connectivity index (χ4v) is 0. The smallest absolute Gasteiger partial charge is 1.00 e. The number of rotatable bonds is 0. The van der Waals surface area contributed by atoms with Crippen LogP contribution in [0.3, 0.4) is 0 Å². The van der Waals surface area contributed by atoms with Crippen LogP contribution in [0.25, 0.3) is 0 Å². The Labute approximate surface area is 75.5 Å². The van der Waals surface area contributed by atoms with Gasteiger partial charge in [-0.3, -0.25) is 0 Å². The van der Waals surface area contributed by atoms with Crippen molar-refractivity contribution < 1.29 is 43.4 Å². The maximum atomic E-state index is 8.52. The Balaban J connectivity index is -0.0000000267. The van der Waals surface area contributed by atoms with Crippen LogP contribution >= 0.6 is 0 Å². The average Bonchev–Trinajstić information content (AvgIpc) is 0.722. The summed E-state index contributed by atoms with van der Waals surface area (Å²) >= 11 is 0. The molecule has 3 radical (unpaired) electrons. The summed E-state index contributed by atoms with van der Waals surface area (Å²) in [4.78, 5) is 0. The molecular weight excluding hydrogens is 184 g/mol. The standard InChI is InChI=1S/C4H9N.2ClH.V/c1-4(2,3)5;;;/h1-3H3;2*1H;/q;;;+2/p-2. The first kappa shape index (κ1) is 22.9. The van der Waals surface area contributed by atoms with Crippen LogP contribution in [0.2, 0.25) is 0 Å². The summed E-state index contributed by atoms with van der Waals surface area (Å²) in [7, 11) is 0. The van der Waals surface area contributed by atoms with E-state index in [0.717, 1.165) is 0 Å². The van der Waals surface area contributed by atoms with Crippen LogP contribution in [-0.2, 0) is 18.6 Å². The summed E-state index contributed by atoms with van der Waals surface area (Å²) in [5.74, 6) is 0. The molecule has 49 valence electrons. The molecule has 0 unspecified atom stereocenters. The molecule has 0 aliphatic heterocycles. The monoisotopic (exact) mass is 192 g/mol. The summed E-state index contributed by atoms with van der Waals surface area (Å²) in [6.45, 7) is 5.23.